The van der Waals surface area contributed by atoms with E-state index in [1.54, 1.807) is 16.7 Å². The van der Waals surface area contributed by atoms with E-state index in [-0.39, 0.29) is 5.56 Å². The molecule has 2 rings (SSSR count). The van der Waals surface area contributed by atoms with E-state index in [1.165, 1.54) is 12.2 Å². The van der Waals surface area contributed by atoms with E-state index in [4.69, 9.17) is 0 Å². The number of rotatable bonds is 10. The van der Waals surface area contributed by atoms with Crippen LogP contribution in [0.3, 0.4) is 0 Å². The maximum absolute atomic E-state index is 11.8. The Balaban J connectivity index is 1.88. The highest BCUT2D eigenvalue weighted by atomic mass is 32.2. The van der Waals surface area contributed by atoms with Crippen LogP contribution in [-0.2, 0) is 13.1 Å². The number of hydrogen-bond donors (Lipinski definition) is 2. The molecule has 1 heterocycles. The van der Waals surface area contributed by atoms with Gasteiger partial charge in [0.25, 0.3) is 5.56 Å². The molecule has 0 fully saturated rings. The molecular formula is C21H30N4OS. The number of benzene rings is 1. The molecule has 0 radical (unpaired) electrons. The zero-order chi connectivity index (χ0) is 19.3. The van der Waals surface area contributed by atoms with Crippen molar-refractivity contribution in [3.8, 4) is 0 Å². The average Bonchev–Trinajstić information content (AvgIpc) is 2.69. The molecule has 0 spiro atoms. The molecule has 1 aromatic heterocycles. The van der Waals surface area contributed by atoms with Crippen molar-refractivity contribution in [3.05, 3.63) is 70.1 Å². The molecular weight excluding hydrogens is 356 g/mol. The topological polar surface area (TPSA) is 58.4 Å². The minimum atomic E-state index is 0.0186. The summed E-state index contributed by atoms with van der Waals surface area (Å²) in [6.07, 6.45) is 6.33. The second kappa shape index (κ2) is 12.2. The van der Waals surface area contributed by atoms with Gasteiger partial charge < -0.3 is 15.2 Å². The number of aliphatic imine (C=N–C) groups is 1. The van der Waals surface area contributed by atoms with Gasteiger partial charge in [-0.05, 0) is 49.0 Å². The van der Waals surface area contributed by atoms with E-state index >= 15 is 0 Å². The zero-order valence-electron chi connectivity index (χ0n) is 16.3. The second-order valence-corrected chi connectivity index (χ2v) is 7.29. The lowest BCUT2D eigenvalue weighted by molar-refractivity contribution is 0.734. The molecule has 0 amide bonds. The first-order valence-corrected chi connectivity index (χ1v) is 10.9. The van der Waals surface area contributed by atoms with Crippen LogP contribution in [0.5, 0.6) is 0 Å². The van der Waals surface area contributed by atoms with Crippen molar-refractivity contribution in [1.82, 2.24) is 15.2 Å². The lowest BCUT2D eigenvalue weighted by Crippen LogP contribution is -2.37. The summed E-state index contributed by atoms with van der Waals surface area (Å²) in [5.74, 6) is 2.07. The molecule has 2 N–H and O–H groups in total. The summed E-state index contributed by atoms with van der Waals surface area (Å²) in [6.45, 7) is 5.08. The number of hydrogen-bond acceptors (Lipinski definition) is 3. The van der Waals surface area contributed by atoms with Gasteiger partial charge in [0.2, 0.25) is 0 Å². The first-order valence-electron chi connectivity index (χ1n) is 9.47. The van der Waals surface area contributed by atoms with Gasteiger partial charge in [-0.3, -0.25) is 4.79 Å². The first-order chi connectivity index (χ1) is 13.2. The summed E-state index contributed by atoms with van der Waals surface area (Å²) in [6, 6.07) is 13.5. The van der Waals surface area contributed by atoms with E-state index in [1.807, 2.05) is 24.0 Å². The number of nitrogens with one attached hydrogen (secondary N) is 2. The van der Waals surface area contributed by atoms with Crippen molar-refractivity contribution >= 4 is 17.7 Å². The van der Waals surface area contributed by atoms with E-state index in [2.05, 4.69) is 53.1 Å². The molecule has 0 aliphatic rings. The van der Waals surface area contributed by atoms with Gasteiger partial charge >= 0.3 is 0 Å². The summed E-state index contributed by atoms with van der Waals surface area (Å²) in [7, 11) is 0. The Morgan fingerprint density at radius 1 is 1.07 bits per heavy atom. The smallest absolute Gasteiger partial charge is 0.250 e. The van der Waals surface area contributed by atoms with Crippen molar-refractivity contribution in [3.63, 3.8) is 0 Å². The van der Waals surface area contributed by atoms with E-state index < -0.39 is 0 Å². The standard InChI is InChI=1S/C21H30N4OS/c1-3-22-21(23-13-5-7-15-27-2)24-16-18-9-11-19(12-10-18)17-25-14-6-4-8-20(25)26/h4,6,8-12,14H,3,5,7,13,15-17H2,1-2H3,(H2,22,23,24). The van der Waals surface area contributed by atoms with Crippen molar-refractivity contribution in [2.45, 2.75) is 32.9 Å². The minimum absolute atomic E-state index is 0.0186. The van der Waals surface area contributed by atoms with E-state index in [0.717, 1.165) is 36.6 Å². The van der Waals surface area contributed by atoms with Gasteiger partial charge in [-0.25, -0.2) is 4.99 Å². The van der Waals surface area contributed by atoms with Crippen molar-refractivity contribution < 1.29 is 0 Å². The molecule has 0 bridgehead atoms. The predicted octanol–water partition coefficient (Wildman–Crippen LogP) is 3.09. The van der Waals surface area contributed by atoms with E-state index in [9.17, 15) is 4.79 Å². The minimum Gasteiger partial charge on any atom is -0.357 e. The lowest BCUT2D eigenvalue weighted by atomic mass is 10.1. The fraction of sp³-hybridized carbons (Fsp3) is 0.429. The third-order valence-electron chi connectivity index (χ3n) is 4.11. The summed E-state index contributed by atoms with van der Waals surface area (Å²) in [5.41, 5.74) is 2.28. The molecule has 1 aromatic carbocycles. The van der Waals surface area contributed by atoms with Crippen LogP contribution in [0.4, 0.5) is 0 Å². The second-order valence-electron chi connectivity index (χ2n) is 6.31. The van der Waals surface area contributed by atoms with E-state index in [0.29, 0.717) is 13.1 Å². The summed E-state index contributed by atoms with van der Waals surface area (Å²) in [4.78, 5) is 16.5. The van der Waals surface area contributed by atoms with Crippen LogP contribution >= 0.6 is 11.8 Å². The van der Waals surface area contributed by atoms with Crippen LogP contribution in [0.25, 0.3) is 0 Å². The Morgan fingerprint density at radius 2 is 1.85 bits per heavy atom. The molecule has 146 valence electrons. The number of nitrogens with zero attached hydrogens (tertiary/aromatic N) is 2. The SMILES string of the molecule is CCNC(=NCc1ccc(Cn2ccccc2=O)cc1)NCCCCSC. The Hall–Kier alpha value is -2.21. The summed E-state index contributed by atoms with van der Waals surface area (Å²) >= 11 is 1.89. The highest BCUT2D eigenvalue weighted by molar-refractivity contribution is 7.98. The Kier molecular flexibility index (Phi) is 9.55. The van der Waals surface area contributed by atoms with Gasteiger partial charge in [0, 0.05) is 25.4 Å². The number of aromatic nitrogens is 1. The molecule has 5 nitrogen and oxygen atoms in total. The van der Waals surface area contributed by atoms with Crippen LogP contribution in [0.15, 0.2) is 58.4 Å². The maximum Gasteiger partial charge on any atom is 0.250 e. The summed E-state index contributed by atoms with van der Waals surface area (Å²) in [5, 5.41) is 6.68. The number of thioether (sulfide) groups is 1. The highest BCUT2D eigenvalue weighted by Gasteiger charge is 2.00. The van der Waals surface area contributed by atoms with Crippen LogP contribution in [0.2, 0.25) is 0 Å². The molecule has 0 aliphatic heterocycles. The van der Waals surface area contributed by atoms with Gasteiger partial charge in [-0.1, -0.05) is 30.3 Å². The quantitative estimate of drug-likeness (QED) is 0.374. The fourth-order valence-corrected chi connectivity index (χ4v) is 3.12. The number of unbranched alkanes of at least 4 members (excludes halogenated alkanes) is 1. The van der Waals surface area contributed by atoms with Crippen LogP contribution in [-0.4, -0.2) is 35.6 Å². The fourth-order valence-electron chi connectivity index (χ4n) is 2.63. The van der Waals surface area contributed by atoms with Crippen LogP contribution < -0.4 is 16.2 Å². The monoisotopic (exact) mass is 386 g/mol. The first kappa shape index (κ1) is 21.1. The normalized spacial score (nSPS) is 11.4. The molecule has 0 atom stereocenters. The lowest BCUT2D eigenvalue weighted by Gasteiger charge is -2.11. The number of guanidine groups is 1. The molecule has 27 heavy (non-hydrogen) atoms. The zero-order valence-corrected chi connectivity index (χ0v) is 17.1. The molecule has 0 saturated carbocycles. The van der Waals surface area contributed by atoms with Crippen LogP contribution in [0.1, 0.15) is 30.9 Å². The molecule has 2 aromatic rings. The Morgan fingerprint density at radius 3 is 2.56 bits per heavy atom. The van der Waals surface area contributed by atoms with Gasteiger partial charge in [0.05, 0.1) is 13.1 Å². The van der Waals surface area contributed by atoms with Crippen molar-refractivity contribution in [1.29, 1.82) is 0 Å². The molecule has 6 heteroatoms. The average molecular weight is 387 g/mol. The van der Waals surface area contributed by atoms with Crippen molar-refractivity contribution in [2.75, 3.05) is 25.1 Å². The van der Waals surface area contributed by atoms with Gasteiger partial charge in [-0.15, -0.1) is 0 Å². The summed E-state index contributed by atoms with van der Waals surface area (Å²) < 4.78 is 1.71. The van der Waals surface area contributed by atoms with Gasteiger partial charge in [-0.2, -0.15) is 11.8 Å². The van der Waals surface area contributed by atoms with Gasteiger partial charge in [0.15, 0.2) is 5.96 Å². The molecule has 0 unspecified atom stereocenters. The predicted molar refractivity (Wildman–Crippen MR) is 117 cm³/mol. The Bertz CT molecular complexity index is 755. The maximum atomic E-state index is 11.8. The third-order valence-corrected chi connectivity index (χ3v) is 4.80. The van der Waals surface area contributed by atoms with Crippen LogP contribution in [0, 0.1) is 0 Å². The number of pyridine rings is 1. The highest BCUT2D eigenvalue weighted by Crippen LogP contribution is 2.07. The molecule has 0 aliphatic carbocycles. The van der Waals surface area contributed by atoms with Crippen molar-refractivity contribution in [2.24, 2.45) is 4.99 Å². The molecule has 0 saturated heterocycles. The largest absolute Gasteiger partial charge is 0.357 e. The Labute approximate surface area is 166 Å². The third kappa shape index (κ3) is 7.91. The van der Waals surface area contributed by atoms with Gasteiger partial charge in [0.1, 0.15) is 0 Å².